The zero-order chi connectivity index (χ0) is 14.1. The number of hydrogen-bond acceptors (Lipinski definition) is 5. The van der Waals surface area contributed by atoms with E-state index in [-0.39, 0.29) is 0 Å². The van der Waals surface area contributed by atoms with Crippen LogP contribution in [-0.2, 0) is 0 Å². The molecule has 0 aliphatic rings. The van der Waals surface area contributed by atoms with Gasteiger partial charge in [0.05, 0.1) is 0 Å². The van der Waals surface area contributed by atoms with Crippen LogP contribution in [0.15, 0.2) is 10.8 Å². The normalized spacial score (nSPS) is 10.8. The molecule has 6 heteroatoms. The Hall–Kier alpha value is -0.880. The molecule has 108 valence electrons. The topological polar surface area (TPSA) is 53.1 Å². The summed E-state index contributed by atoms with van der Waals surface area (Å²) in [6.45, 7) is 11.4. The molecule has 0 unspecified atom stereocenters. The van der Waals surface area contributed by atoms with E-state index >= 15 is 0 Å². The second-order valence-corrected chi connectivity index (χ2v) is 5.07. The maximum absolute atomic E-state index is 4.26. The Balaban J connectivity index is 2.51. The van der Waals surface area contributed by atoms with Gasteiger partial charge in [0.15, 0.2) is 0 Å². The quantitative estimate of drug-likeness (QED) is 0.729. The third-order valence-corrected chi connectivity index (χ3v) is 3.59. The van der Waals surface area contributed by atoms with Crippen molar-refractivity contribution in [2.45, 2.75) is 27.2 Å². The molecule has 0 bridgehead atoms. The van der Waals surface area contributed by atoms with Crippen LogP contribution < -0.4 is 10.6 Å². The first-order valence-electron chi connectivity index (χ1n) is 6.93. The van der Waals surface area contributed by atoms with Gasteiger partial charge in [-0.1, -0.05) is 13.8 Å². The van der Waals surface area contributed by atoms with E-state index < -0.39 is 0 Å². The number of hydrogen-bond donors (Lipinski definition) is 2. The molecule has 1 aromatic heterocycles. The van der Waals surface area contributed by atoms with Crippen LogP contribution >= 0.6 is 15.9 Å². The molecule has 0 atom stereocenters. The molecule has 19 heavy (non-hydrogen) atoms. The number of aromatic nitrogens is 2. The molecule has 0 saturated carbocycles. The van der Waals surface area contributed by atoms with E-state index in [0.29, 0.717) is 0 Å². The molecule has 1 heterocycles. The lowest BCUT2D eigenvalue weighted by Crippen LogP contribution is -2.29. The molecule has 5 nitrogen and oxygen atoms in total. The second-order valence-electron chi connectivity index (χ2n) is 4.28. The fourth-order valence-corrected chi connectivity index (χ4v) is 2.35. The molecule has 0 radical (unpaired) electrons. The third kappa shape index (κ3) is 5.32. The number of anilines is 2. The van der Waals surface area contributed by atoms with Gasteiger partial charge in [0, 0.05) is 19.6 Å². The highest BCUT2D eigenvalue weighted by atomic mass is 79.9. The standard InChI is InChI=1S/C13H24BrN5/c1-4-8-19(6-3)9-7-16-13-11(14)12(15-5-2)17-10-18-13/h10H,4-9H2,1-3H3,(H2,15,16,17,18). The molecule has 2 N–H and O–H groups in total. The fourth-order valence-electron chi connectivity index (χ4n) is 1.86. The average Bonchev–Trinajstić information content (AvgIpc) is 2.42. The van der Waals surface area contributed by atoms with Gasteiger partial charge in [0.2, 0.25) is 0 Å². The Labute approximate surface area is 124 Å². The first-order chi connectivity index (χ1) is 9.22. The summed E-state index contributed by atoms with van der Waals surface area (Å²) in [5.74, 6) is 1.68. The van der Waals surface area contributed by atoms with Crippen molar-refractivity contribution < 1.29 is 0 Å². The molecular weight excluding hydrogens is 306 g/mol. The monoisotopic (exact) mass is 329 g/mol. The van der Waals surface area contributed by atoms with Crippen molar-refractivity contribution >= 4 is 27.6 Å². The molecule has 0 fully saturated rings. The summed E-state index contributed by atoms with van der Waals surface area (Å²) < 4.78 is 0.899. The van der Waals surface area contributed by atoms with Crippen molar-refractivity contribution in [1.82, 2.24) is 14.9 Å². The summed E-state index contributed by atoms with van der Waals surface area (Å²) in [6.07, 6.45) is 2.77. The number of nitrogens with one attached hydrogen (secondary N) is 2. The van der Waals surface area contributed by atoms with Gasteiger partial charge in [-0.3, -0.25) is 0 Å². The van der Waals surface area contributed by atoms with Gasteiger partial charge >= 0.3 is 0 Å². The fraction of sp³-hybridized carbons (Fsp3) is 0.692. The highest BCUT2D eigenvalue weighted by Gasteiger charge is 2.08. The van der Waals surface area contributed by atoms with Crippen molar-refractivity contribution in [2.75, 3.05) is 43.4 Å². The van der Waals surface area contributed by atoms with Gasteiger partial charge in [-0.25, -0.2) is 9.97 Å². The molecule has 1 rings (SSSR count). The predicted molar refractivity (Wildman–Crippen MR) is 84.8 cm³/mol. The van der Waals surface area contributed by atoms with Crippen LogP contribution in [0.5, 0.6) is 0 Å². The lowest BCUT2D eigenvalue weighted by molar-refractivity contribution is 0.300. The van der Waals surface area contributed by atoms with E-state index in [2.05, 4.69) is 55.3 Å². The summed E-state index contributed by atoms with van der Waals surface area (Å²) in [6, 6.07) is 0. The van der Waals surface area contributed by atoms with Crippen LogP contribution in [0.25, 0.3) is 0 Å². The van der Waals surface area contributed by atoms with E-state index in [1.807, 2.05) is 6.92 Å². The molecule has 0 aromatic carbocycles. The first-order valence-corrected chi connectivity index (χ1v) is 7.72. The smallest absolute Gasteiger partial charge is 0.145 e. The molecular formula is C13H24BrN5. The highest BCUT2D eigenvalue weighted by molar-refractivity contribution is 9.10. The molecule has 0 saturated heterocycles. The third-order valence-electron chi connectivity index (χ3n) is 2.84. The number of rotatable bonds is 9. The predicted octanol–water partition coefficient (Wildman–Crippen LogP) is 2.81. The van der Waals surface area contributed by atoms with Gasteiger partial charge in [-0.05, 0) is 42.4 Å². The Kier molecular flexibility index (Phi) is 7.74. The largest absolute Gasteiger partial charge is 0.369 e. The van der Waals surface area contributed by atoms with E-state index in [4.69, 9.17) is 0 Å². The average molecular weight is 330 g/mol. The molecule has 0 aliphatic carbocycles. The van der Waals surface area contributed by atoms with E-state index in [1.165, 1.54) is 6.42 Å². The van der Waals surface area contributed by atoms with Gasteiger partial charge in [-0.2, -0.15) is 0 Å². The van der Waals surface area contributed by atoms with Crippen LogP contribution in [0.2, 0.25) is 0 Å². The van der Waals surface area contributed by atoms with Crippen molar-refractivity contribution in [3.05, 3.63) is 10.8 Å². The number of nitrogens with zero attached hydrogens (tertiary/aromatic N) is 3. The lowest BCUT2D eigenvalue weighted by Gasteiger charge is -2.20. The summed E-state index contributed by atoms with van der Waals surface area (Å²) in [7, 11) is 0. The maximum atomic E-state index is 4.26. The SMILES string of the molecule is CCCN(CC)CCNc1ncnc(NCC)c1Br. The van der Waals surface area contributed by atoms with Crippen LogP contribution in [0.1, 0.15) is 27.2 Å². The van der Waals surface area contributed by atoms with Gasteiger partial charge in [-0.15, -0.1) is 0 Å². The lowest BCUT2D eigenvalue weighted by atomic mass is 10.4. The van der Waals surface area contributed by atoms with Gasteiger partial charge in [0.25, 0.3) is 0 Å². The Morgan fingerprint density at radius 3 is 2.37 bits per heavy atom. The summed E-state index contributed by atoms with van der Waals surface area (Å²) >= 11 is 3.53. The zero-order valence-electron chi connectivity index (χ0n) is 12.0. The minimum Gasteiger partial charge on any atom is -0.369 e. The Morgan fingerprint density at radius 1 is 1.11 bits per heavy atom. The molecule has 0 aliphatic heterocycles. The van der Waals surface area contributed by atoms with Crippen LogP contribution in [0.3, 0.4) is 0 Å². The summed E-state index contributed by atoms with van der Waals surface area (Å²) in [4.78, 5) is 10.9. The molecule has 0 amide bonds. The number of likely N-dealkylation sites (N-methyl/N-ethyl adjacent to an activating group) is 1. The highest BCUT2D eigenvalue weighted by Crippen LogP contribution is 2.25. The molecule has 0 spiro atoms. The summed E-state index contributed by atoms with van der Waals surface area (Å²) in [5, 5.41) is 6.55. The van der Waals surface area contributed by atoms with Crippen molar-refractivity contribution in [3.8, 4) is 0 Å². The number of halogens is 1. The zero-order valence-corrected chi connectivity index (χ0v) is 13.6. The maximum Gasteiger partial charge on any atom is 0.145 e. The second kappa shape index (κ2) is 9.09. The Morgan fingerprint density at radius 2 is 1.79 bits per heavy atom. The Bertz CT molecular complexity index is 372. The van der Waals surface area contributed by atoms with Crippen LogP contribution in [0.4, 0.5) is 11.6 Å². The summed E-state index contributed by atoms with van der Waals surface area (Å²) in [5.41, 5.74) is 0. The van der Waals surface area contributed by atoms with Crippen molar-refractivity contribution in [2.24, 2.45) is 0 Å². The van der Waals surface area contributed by atoms with Gasteiger partial charge in [0.1, 0.15) is 22.4 Å². The van der Waals surface area contributed by atoms with Gasteiger partial charge < -0.3 is 15.5 Å². The minimum atomic E-state index is 0.834. The van der Waals surface area contributed by atoms with Crippen molar-refractivity contribution in [3.63, 3.8) is 0 Å². The van der Waals surface area contributed by atoms with E-state index in [1.54, 1.807) is 6.33 Å². The van der Waals surface area contributed by atoms with Crippen LogP contribution in [0, 0.1) is 0 Å². The van der Waals surface area contributed by atoms with E-state index in [9.17, 15) is 0 Å². The van der Waals surface area contributed by atoms with Crippen LogP contribution in [-0.4, -0.2) is 47.6 Å². The van der Waals surface area contributed by atoms with E-state index in [0.717, 1.165) is 48.8 Å². The first kappa shape index (κ1) is 16.2. The molecule has 1 aromatic rings. The minimum absolute atomic E-state index is 0.834. The van der Waals surface area contributed by atoms with Crippen molar-refractivity contribution in [1.29, 1.82) is 0 Å².